The lowest BCUT2D eigenvalue weighted by molar-refractivity contribution is -0.137. The summed E-state index contributed by atoms with van der Waals surface area (Å²) < 4.78 is 38.8. The van der Waals surface area contributed by atoms with Crippen LogP contribution < -0.4 is 16.0 Å². The van der Waals surface area contributed by atoms with Gasteiger partial charge in [-0.25, -0.2) is 0 Å². The summed E-state index contributed by atoms with van der Waals surface area (Å²) in [5.41, 5.74) is 0.512. The second-order valence-electron chi connectivity index (χ2n) is 7.10. The highest BCUT2D eigenvalue weighted by molar-refractivity contribution is 6.11. The van der Waals surface area contributed by atoms with Crippen LogP contribution in [0.4, 0.5) is 24.5 Å². The first kappa shape index (κ1) is 24.2. The van der Waals surface area contributed by atoms with Crippen molar-refractivity contribution in [3.63, 3.8) is 0 Å². The van der Waals surface area contributed by atoms with Crippen molar-refractivity contribution < 1.29 is 27.6 Å². The molecule has 0 atom stereocenters. The molecule has 0 saturated heterocycles. The molecule has 0 aliphatic heterocycles. The number of alkyl halides is 3. The van der Waals surface area contributed by atoms with Gasteiger partial charge in [0.1, 0.15) is 0 Å². The van der Waals surface area contributed by atoms with Crippen LogP contribution >= 0.6 is 0 Å². The van der Waals surface area contributed by atoms with Crippen molar-refractivity contribution in [2.45, 2.75) is 6.18 Å². The van der Waals surface area contributed by atoms with Gasteiger partial charge in [-0.05, 0) is 54.1 Å². The number of nitrogens with one attached hydrogen (secondary N) is 3. The molecule has 0 radical (unpaired) electrons. The van der Waals surface area contributed by atoms with Gasteiger partial charge in [0.05, 0.1) is 16.8 Å². The van der Waals surface area contributed by atoms with Crippen LogP contribution in [0.5, 0.6) is 0 Å². The molecular formula is C25H20F3N3O3. The number of carbonyl (C=O) groups excluding carboxylic acids is 3. The predicted molar refractivity (Wildman–Crippen MR) is 123 cm³/mol. The van der Waals surface area contributed by atoms with Crippen LogP contribution in [0.1, 0.15) is 31.8 Å². The predicted octanol–water partition coefficient (Wildman–Crippen LogP) is 4.97. The van der Waals surface area contributed by atoms with Crippen LogP contribution in [0.25, 0.3) is 6.08 Å². The Hall–Kier alpha value is -4.40. The molecule has 3 amide bonds. The summed E-state index contributed by atoms with van der Waals surface area (Å²) in [7, 11) is 1.53. The van der Waals surface area contributed by atoms with E-state index in [4.69, 9.17) is 0 Å². The largest absolute Gasteiger partial charge is 0.416 e. The van der Waals surface area contributed by atoms with Gasteiger partial charge in [0.25, 0.3) is 11.8 Å². The molecule has 9 heteroatoms. The van der Waals surface area contributed by atoms with Gasteiger partial charge in [0.15, 0.2) is 0 Å². The minimum atomic E-state index is -4.54. The second-order valence-corrected chi connectivity index (χ2v) is 7.10. The SMILES string of the molecule is CNC(=O)c1ccc(/C=C/C(=O)Nc2ccccc2C(=O)Nc2cccc(C(F)(F)F)c2)cc1. The van der Waals surface area contributed by atoms with Gasteiger partial charge >= 0.3 is 6.18 Å². The number of halogens is 3. The fourth-order valence-corrected chi connectivity index (χ4v) is 3.00. The zero-order valence-corrected chi connectivity index (χ0v) is 17.9. The molecule has 0 fully saturated rings. The molecular weight excluding hydrogens is 447 g/mol. The Morgan fingerprint density at radius 2 is 1.53 bits per heavy atom. The van der Waals surface area contributed by atoms with E-state index in [1.54, 1.807) is 36.4 Å². The van der Waals surface area contributed by atoms with Crippen LogP contribution in [0.3, 0.4) is 0 Å². The number of benzene rings is 3. The van der Waals surface area contributed by atoms with E-state index < -0.39 is 23.6 Å². The van der Waals surface area contributed by atoms with Gasteiger partial charge in [-0.2, -0.15) is 13.2 Å². The molecule has 0 spiro atoms. The molecule has 3 aromatic carbocycles. The molecule has 0 heterocycles. The molecule has 0 aromatic heterocycles. The van der Waals surface area contributed by atoms with E-state index in [0.717, 1.165) is 12.1 Å². The van der Waals surface area contributed by atoms with Gasteiger partial charge in [0.2, 0.25) is 5.91 Å². The third-order valence-corrected chi connectivity index (χ3v) is 4.70. The Morgan fingerprint density at radius 1 is 0.824 bits per heavy atom. The molecule has 3 aromatic rings. The number of rotatable bonds is 6. The zero-order valence-electron chi connectivity index (χ0n) is 17.9. The van der Waals surface area contributed by atoms with Crippen LogP contribution in [0.15, 0.2) is 78.9 Å². The first-order chi connectivity index (χ1) is 16.2. The average Bonchev–Trinajstić information content (AvgIpc) is 2.82. The molecule has 0 bridgehead atoms. The van der Waals surface area contributed by atoms with Gasteiger partial charge in [-0.3, -0.25) is 14.4 Å². The maximum absolute atomic E-state index is 12.9. The highest BCUT2D eigenvalue weighted by atomic mass is 19.4. The van der Waals surface area contributed by atoms with E-state index in [1.807, 2.05) is 0 Å². The Bertz CT molecular complexity index is 1240. The topological polar surface area (TPSA) is 87.3 Å². The fraction of sp³-hybridized carbons (Fsp3) is 0.0800. The van der Waals surface area contributed by atoms with Crippen LogP contribution in [0, 0.1) is 0 Å². The molecule has 0 saturated carbocycles. The lowest BCUT2D eigenvalue weighted by Crippen LogP contribution is -2.17. The second kappa shape index (κ2) is 10.5. The van der Waals surface area contributed by atoms with Gasteiger partial charge in [-0.15, -0.1) is 0 Å². The van der Waals surface area contributed by atoms with Gasteiger partial charge < -0.3 is 16.0 Å². The molecule has 3 rings (SSSR count). The summed E-state index contributed by atoms with van der Waals surface area (Å²) in [6.07, 6.45) is -1.74. The normalized spacial score (nSPS) is 11.2. The summed E-state index contributed by atoms with van der Waals surface area (Å²) in [5, 5.41) is 7.52. The fourth-order valence-electron chi connectivity index (χ4n) is 3.00. The van der Waals surface area contributed by atoms with E-state index in [2.05, 4.69) is 16.0 Å². The Morgan fingerprint density at radius 3 is 2.21 bits per heavy atom. The van der Waals surface area contributed by atoms with Crippen molar-refractivity contribution in [2.75, 3.05) is 17.7 Å². The van der Waals surface area contributed by atoms with E-state index in [1.165, 1.54) is 43.5 Å². The van der Waals surface area contributed by atoms with Crippen LogP contribution in [-0.4, -0.2) is 24.8 Å². The molecule has 6 nitrogen and oxygen atoms in total. The lowest BCUT2D eigenvalue weighted by atomic mass is 10.1. The highest BCUT2D eigenvalue weighted by Crippen LogP contribution is 2.31. The summed E-state index contributed by atoms with van der Waals surface area (Å²) in [5.74, 6) is -1.42. The van der Waals surface area contributed by atoms with Gasteiger partial charge in [-0.1, -0.05) is 30.3 Å². The Labute approximate surface area is 193 Å². The van der Waals surface area contributed by atoms with Crippen LogP contribution in [0.2, 0.25) is 0 Å². The smallest absolute Gasteiger partial charge is 0.355 e. The zero-order chi connectivity index (χ0) is 24.7. The minimum Gasteiger partial charge on any atom is -0.355 e. The molecule has 174 valence electrons. The van der Waals surface area contributed by atoms with Crippen molar-refractivity contribution in [2.24, 2.45) is 0 Å². The maximum Gasteiger partial charge on any atom is 0.416 e. The van der Waals surface area contributed by atoms with Gasteiger partial charge in [0, 0.05) is 24.4 Å². The maximum atomic E-state index is 12.9. The number of anilines is 2. The summed E-state index contributed by atoms with van der Waals surface area (Å²) in [4.78, 5) is 36.6. The van der Waals surface area contributed by atoms with Crippen molar-refractivity contribution in [3.05, 3.63) is 101 Å². The monoisotopic (exact) mass is 467 g/mol. The first-order valence-electron chi connectivity index (χ1n) is 10.1. The molecule has 3 N–H and O–H groups in total. The third kappa shape index (κ3) is 6.32. The Balaban J connectivity index is 1.70. The minimum absolute atomic E-state index is 0.0268. The standard InChI is InChI=1S/C25H20F3N3O3/c1-29-23(33)17-12-9-16(10-13-17)11-14-22(32)31-21-8-3-2-7-20(21)24(34)30-19-6-4-5-18(15-19)25(26,27)28/h2-15H,1H3,(H,29,33)(H,30,34)(H,31,32)/b14-11+. The summed E-state index contributed by atoms with van der Waals surface area (Å²) >= 11 is 0. The third-order valence-electron chi connectivity index (χ3n) is 4.70. The van der Waals surface area contributed by atoms with Crippen molar-refractivity contribution in [3.8, 4) is 0 Å². The van der Waals surface area contributed by atoms with Crippen LogP contribution in [-0.2, 0) is 11.0 Å². The highest BCUT2D eigenvalue weighted by Gasteiger charge is 2.30. The number of carbonyl (C=O) groups is 3. The van der Waals surface area contributed by atoms with E-state index in [9.17, 15) is 27.6 Å². The van der Waals surface area contributed by atoms with Crippen molar-refractivity contribution in [1.29, 1.82) is 0 Å². The average molecular weight is 467 g/mol. The summed E-state index contributed by atoms with van der Waals surface area (Å²) in [6.45, 7) is 0. The molecule has 0 unspecified atom stereocenters. The molecule has 0 aliphatic carbocycles. The quantitative estimate of drug-likeness (QED) is 0.448. The Kier molecular flexibility index (Phi) is 7.47. The summed E-state index contributed by atoms with van der Waals surface area (Å²) in [6, 6.07) is 17.0. The van der Waals surface area contributed by atoms with E-state index in [-0.39, 0.29) is 22.8 Å². The molecule has 0 aliphatic rings. The number of hydrogen-bond donors (Lipinski definition) is 3. The molecule has 34 heavy (non-hydrogen) atoms. The number of amides is 3. The number of para-hydroxylation sites is 1. The van der Waals surface area contributed by atoms with E-state index >= 15 is 0 Å². The van der Waals surface area contributed by atoms with Crippen molar-refractivity contribution in [1.82, 2.24) is 5.32 Å². The van der Waals surface area contributed by atoms with Crippen molar-refractivity contribution >= 4 is 35.2 Å². The number of hydrogen-bond acceptors (Lipinski definition) is 3. The van der Waals surface area contributed by atoms with E-state index in [0.29, 0.717) is 11.1 Å². The lowest BCUT2D eigenvalue weighted by Gasteiger charge is -2.12. The first-order valence-corrected chi connectivity index (χ1v) is 10.1.